The quantitative estimate of drug-likeness (QED) is 0.377. The van der Waals surface area contributed by atoms with E-state index in [1.807, 2.05) is 36.5 Å². The van der Waals surface area contributed by atoms with Crippen molar-refractivity contribution in [3.05, 3.63) is 89.4 Å². The molecular formula is C25H27N5O3S. The number of amides is 1. The van der Waals surface area contributed by atoms with E-state index in [-0.39, 0.29) is 17.0 Å². The summed E-state index contributed by atoms with van der Waals surface area (Å²) in [5, 5.41) is 10.9. The maximum atomic E-state index is 13.1. The molecule has 0 saturated carbocycles. The van der Waals surface area contributed by atoms with E-state index in [0.29, 0.717) is 22.7 Å². The Kier molecular flexibility index (Phi) is 6.93. The van der Waals surface area contributed by atoms with E-state index >= 15 is 0 Å². The summed E-state index contributed by atoms with van der Waals surface area (Å²) in [7, 11) is -3.87. The van der Waals surface area contributed by atoms with Crippen molar-refractivity contribution in [3.63, 3.8) is 0 Å². The van der Waals surface area contributed by atoms with Gasteiger partial charge >= 0.3 is 0 Å². The minimum atomic E-state index is -3.87. The molecule has 0 aliphatic heterocycles. The third-order valence-electron chi connectivity index (χ3n) is 5.56. The molecule has 0 radical (unpaired) electrons. The number of nitrogens with one attached hydrogen (secondary N) is 2. The van der Waals surface area contributed by atoms with Gasteiger partial charge in [0.05, 0.1) is 11.4 Å². The molecule has 176 valence electrons. The second-order valence-electron chi connectivity index (χ2n) is 8.11. The molecule has 0 atom stereocenters. The third kappa shape index (κ3) is 5.26. The fraction of sp³-hybridized carbons (Fsp3) is 0.240. The lowest BCUT2D eigenvalue weighted by Crippen LogP contribution is -2.24. The van der Waals surface area contributed by atoms with Crippen LogP contribution in [0.15, 0.2) is 71.8 Å². The summed E-state index contributed by atoms with van der Waals surface area (Å²) in [6, 6.07) is 17.5. The fourth-order valence-electron chi connectivity index (χ4n) is 3.63. The first-order valence-corrected chi connectivity index (χ1v) is 12.6. The molecule has 2 aromatic carbocycles. The van der Waals surface area contributed by atoms with Crippen LogP contribution in [0.4, 0.5) is 5.69 Å². The Morgan fingerprint density at radius 3 is 2.59 bits per heavy atom. The van der Waals surface area contributed by atoms with E-state index in [9.17, 15) is 13.2 Å². The molecule has 2 N–H and O–H groups in total. The van der Waals surface area contributed by atoms with Crippen molar-refractivity contribution in [1.29, 1.82) is 0 Å². The molecule has 1 amide bonds. The number of unbranched alkanes of at least 4 members (excludes halogenated alkanes) is 1. The summed E-state index contributed by atoms with van der Waals surface area (Å²) in [6.07, 6.45) is 4.97. The van der Waals surface area contributed by atoms with Crippen LogP contribution in [-0.2, 0) is 23.0 Å². The van der Waals surface area contributed by atoms with Gasteiger partial charge in [0.1, 0.15) is 0 Å². The van der Waals surface area contributed by atoms with Crippen LogP contribution in [0.1, 0.15) is 47.1 Å². The van der Waals surface area contributed by atoms with Gasteiger partial charge in [0, 0.05) is 17.4 Å². The van der Waals surface area contributed by atoms with Gasteiger partial charge in [-0.3, -0.25) is 13.9 Å². The van der Waals surface area contributed by atoms with Crippen LogP contribution in [0.5, 0.6) is 0 Å². The molecule has 0 unspecified atom stereocenters. The van der Waals surface area contributed by atoms with E-state index in [1.165, 1.54) is 11.6 Å². The molecular weight excluding hydrogens is 450 g/mol. The number of carbonyl (C=O) groups is 1. The van der Waals surface area contributed by atoms with Gasteiger partial charge in [-0.2, -0.15) is 0 Å². The number of pyridine rings is 1. The number of aryl methyl sites for hydroxylation is 2. The topological polar surface area (TPSA) is 105 Å². The number of anilines is 1. The summed E-state index contributed by atoms with van der Waals surface area (Å²) >= 11 is 0. The zero-order chi connectivity index (χ0) is 24.1. The zero-order valence-electron chi connectivity index (χ0n) is 19.2. The number of hydrogen-bond donors (Lipinski definition) is 2. The van der Waals surface area contributed by atoms with Gasteiger partial charge in [0.15, 0.2) is 11.5 Å². The van der Waals surface area contributed by atoms with Gasteiger partial charge in [-0.25, -0.2) is 8.42 Å². The molecule has 0 fully saturated rings. The van der Waals surface area contributed by atoms with Crippen molar-refractivity contribution in [3.8, 4) is 0 Å². The van der Waals surface area contributed by atoms with Crippen molar-refractivity contribution in [2.24, 2.45) is 0 Å². The molecule has 8 nitrogen and oxygen atoms in total. The number of hydrogen-bond acceptors (Lipinski definition) is 5. The van der Waals surface area contributed by atoms with Crippen LogP contribution >= 0.6 is 0 Å². The third-order valence-corrected chi connectivity index (χ3v) is 7.08. The predicted octanol–water partition coefficient (Wildman–Crippen LogP) is 4.11. The second-order valence-corrected chi connectivity index (χ2v) is 9.76. The Morgan fingerprint density at radius 2 is 1.82 bits per heavy atom. The Hall–Kier alpha value is -3.72. The number of fused-ring (bicyclic) bond motifs is 1. The van der Waals surface area contributed by atoms with Crippen LogP contribution in [-0.4, -0.2) is 28.9 Å². The molecule has 2 aromatic heterocycles. The van der Waals surface area contributed by atoms with Crippen LogP contribution in [0.3, 0.4) is 0 Å². The van der Waals surface area contributed by atoms with Crippen LogP contribution in [0.25, 0.3) is 5.65 Å². The van der Waals surface area contributed by atoms with Crippen molar-refractivity contribution in [1.82, 2.24) is 19.9 Å². The van der Waals surface area contributed by atoms with E-state index < -0.39 is 15.9 Å². The summed E-state index contributed by atoms with van der Waals surface area (Å²) in [4.78, 5) is 12.8. The number of rotatable bonds is 9. The maximum Gasteiger partial charge on any atom is 0.262 e. The Bertz CT molecular complexity index is 1410. The number of benzene rings is 2. The Morgan fingerprint density at radius 1 is 1.03 bits per heavy atom. The molecule has 4 rings (SSSR count). The lowest BCUT2D eigenvalue weighted by Gasteiger charge is -2.13. The highest BCUT2D eigenvalue weighted by molar-refractivity contribution is 7.92. The summed E-state index contributed by atoms with van der Waals surface area (Å²) < 4.78 is 30.6. The van der Waals surface area contributed by atoms with Crippen LogP contribution in [0.2, 0.25) is 0 Å². The number of carbonyl (C=O) groups excluding carboxylic acids is 1. The first-order chi connectivity index (χ1) is 16.4. The maximum absolute atomic E-state index is 13.1. The molecule has 0 bridgehead atoms. The zero-order valence-corrected chi connectivity index (χ0v) is 20.0. The van der Waals surface area contributed by atoms with Gasteiger partial charge in [-0.1, -0.05) is 37.6 Å². The van der Waals surface area contributed by atoms with Crippen molar-refractivity contribution < 1.29 is 13.2 Å². The highest BCUT2D eigenvalue weighted by atomic mass is 32.2. The van der Waals surface area contributed by atoms with Crippen LogP contribution in [0, 0.1) is 6.92 Å². The molecule has 0 aliphatic rings. The average Bonchev–Trinajstić information content (AvgIpc) is 3.25. The molecule has 4 aromatic rings. The highest BCUT2D eigenvalue weighted by Gasteiger charge is 2.20. The molecule has 0 aliphatic carbocycles. The summed E-state index contributed by atoms with van der Waals surface area (Å²) in [5.74, 6) is 0.178. The lowest BCUT2D eigenvalue weighted by molar-refractivity contribution is 0.0949. The number of nitrogens with zero attached hydrogens (tertiary/aromatic N) is 3. The van der Waals surface area contributed by atoms with Gasteiger partial charge in [0.25, 0.3) is 15.9 Å². The van der Waals surface area contributed by atoms with E-state index in [2.05, 4.69) is 27.2 Å². The standard InChI is InChI=1S/C25H27N5O3S/c1-3-4-7-19-10-13-21(14-11-19)29-34(32,33)22-16-20(12-9-18(22)2)25(31)26-17-24-28-27-23-8-5-6-15-30(23)24/h5-6,8-16,29H,3-4,7,17H2,1-2H3,(H,26,31). The first kappa shape index (κ1) is 23.4. The van der Waals surface area contributed by atoms with E-state index in [0.717, 1.165) is 19.3 Å². The normalized spacial score (nSPS) is 11.5. The van der Waals surface area contributed by atoms with Crippen molar-refractivity contribution >= 4 is 27.3 Å². The van der Waals surface area contributed by atoms with E-state index in [1.54, 1.807) is 35.6 Å². The van der Waals surface area contributed by atoms with Gasteiger partial charge in [-0.15, -0.1) is 10.2 Å². The fourth-order valence-corrected chi connectivity index (χ4v) is 4.96. The smallest absolute Gasteiger partial charge is 0.262 e. The van der Waals surface area contributed by atoms with Crippen molar-refractivity contribution in [2.45, 2.75) is 44.6 Å². The van der Waals surface area contributed by atoms with Gasteiger partial charge < -0.3 is 5.32 Å². The molecule has 34 heavy (non-hydrogen) atoms. The Labute approximate surface area is 199 Å². The van der Waals surface area contributed by atoms with Gasteiger partial charge in [-0.05, 0) is 67.3 Å². The molecule has 0 saturated heterocycles. The van der Waals surface area contributed by atoms with Crippen LogP contribution < -0.4 is 10.0 Å². The minimum Gasteiger partial charge on any atom is -0.345 e. The molecule has 2 heterocycles. The largest absolute Gasteiger partial charge is 0.345 e. The van der Waals surface area contributed by atoms with E-state index in [4.69, 9.17) is 0 Å². The SMILES string of the molecule is CCCCc1ccc(NS(=O)(=O)c2cc(C(=O)NCc3nnc4ccccn34)ccc2C)cc1. The minimum absolute atomic E-state index is 0.0585. The highest BCUT2D eigenvalue weighted by Crippen LogP contribution is 2.22. The first-order valence-electron chi connectivity index (χ1n) is 11.2. The summed E-state index contributed by atoms with van der Waals surface area (Å²) in [6.45, 7) is 3.99. The number of sulfonamides is 1. The molecule has 9 heteroatoms. The lowest BCUT2D eigenvalue weighted by atomic mass is 10.1. The van der Waals surface area contributed by atoms with Crippen molar-refractivity contribution in [2.75, 3.05) is 4.72 Å². The molecule has 0 spiro atoms. The second kappa shape index (κ2) is 10.0. The number of aromatic nitrogens is 3. The summed E-state index contributed by atoms with van der Waals surface area (Å²) in [5.41, 5.74) is 3.12. The van der Waals surface area contributed by atoms with Gasteiger partial charge in [0.2, 0.25) is 0 Å². The monoisotopic (exact) mass is 477 g/mol. The average molecular weight is 478 g/mol. The predicted molar refractivity (Wildman–Crippen MR) is 131 cm³/mol. The Balaban J connectivity index is 1.48.